The van der Waals surface area contributed by atoms with E-state index in [9.17, 15) is 0 Å². The van der Waals surface area contributed by atoms with Crippen LogP contribution in [0.5, 0.6) is 0 Å². The summed E-state index contributed by atoms with van der Waals surface area (Å²) < 4.78 is 2.34. The van der Waals surface area contributed by atoms with Gasteiger partial charge < -0.3 is 19.7 Å². The minimum Gasteiger partial charge on any atom is -0.352 e. The van der Waals surface area contributed by atoms with Crippen LogP contribution < -0.4 is 5.32 Å². The number of aryl methyl sites for hydroxylation is 1. The molecule has 0 amide bonds. The molecule has 1 saturated heterocycles. The number of rotatable bonds is 7. The molecule has 3 heterocycles. The van der Waals surface area contributed by atoms with Crippen LogP contribution in [0.1, 0.15) is 41.1 Å². The van der Waals surface area contributed by atoms with Gasteiger partial charge in [-0.3, -0.25) is 4.98 Å². The summed E-state index contributed by atoms with van der Waals surface area (Å²) in [4.78, 5) is 9.24. The fraction of sp³-hybridized carbons (Fsp3) is 0.360. The summed E-state index contributed by atoms with van der Waals surface area (Å²) in [6.07, 6.45) is 2.91. The Hall–Kier alpha value is -2.70. The van der Waals surface area contributed by atoms with Gasteiger partial charge in [0.25, 0.3) is 0 Å². The first kappa shape index (κ1) is 21.5. The number of hydrogen-bond acceptors (Lipinski definition) is 3. The zero-order valence-electron chi connectivity index (χ0n) is 18.7. The van der Waals surface area contributed by atoms with Gasteiger partial charge in [-0.1, -0.05) is 24.3 Å². The summed E-state index contributed by atoms with van der Waals surface area (Å²) in [7, 11) is 4.23. The van der Waals surface area contributed by atoms with Gasteiger partial charge in [0.2, 0.25) is 0 Å². The van der Waals surface area contributed by atoms with Gasteiger partial charge >= 0.3 is 0 Å². The highest BCUT2D eigenvalue weighted by molar-refractivity contribution is 7.80. The average molecular weight is 434 g/mol. The average Bonchev–Trinajstić information content (AvgIpc) is 3.24. The van der Waals surface area contributed by atoms with Crippen LogP contribution in [-0.4, -0.2) is 51.6 Å². The molecule has 2 aromatic heterocycles. The second-order valence-corrected chi connectivity index (χ2v) is 8.86. The van der Waals surface area contributed by atoms with E-state index in [4.69, 9.17) is 12.2 Å². The lowest BCUT2D eigenvalue weighted by Gasteiger charge is -2.28. The van der Waals surface area contributed by atoms with E-state index >= 15 is 0 Å². The van der Waals surface area contributed by atoms with Crippen LogP contribution in [0.25, 0.3) is 5.69 Å². The van der Waals surface area contributed by atoms with Crippen molar-refractivity contribution in [2.75, 3.05) is 27.2 Å². The molecule has 0 unspecified atom stereocenters. The first-order valence-electron chi connectivity index (χ1n) is 10.8. The minimum absolute atomic E-state index is 0.0257. The Morgan fingerprint density at radius 1 is 1.06 bits per heavy atom. The van der Waals surface area contributed by atoms with Crippen LogP contribution in [0.15, 0.2) is 60.8 Å². The van der Waals surface area contributed by atoms with Crippen molar-refractivity contribution in [3.05, 3.63) is 83.4 Å². The van der Waals surface area contributed by atoms with Crippen LogP contribution in [0.4, 0.5) is 0 Å². The zero-order valence-corrected chi connectivity index (χ0v) is 19.6. The van der Waals surface area contributed by atoms with Crippen LogP contribution in [-0.2, 0) is 0 Å². The Morgan fingerprint density at radius 2 is 1.81 bits per heavy atom. The van der Waals surface area contributed by atoms with Gasteiger partial charge in [0, 0.05) is 29.8 Å². The molecule has 0 spiro atoms. The molecule has 1 aliphatic heterocycles. The molecule has 0 bridgehead atoms. The maximum Gasteiger partial charge on any atom is 0.170 e. The van der Waals surface area contributed by atoms with Crippen molar-refractivity contribution in [3.8, 4) is 5.69 Å². The Balaban J connectivity index is 1.76. The van der Waals surface area contributed by atoms with Crippen molar-refractivity contribution in [2.45, 2.75) is 32.4 Å². The molecule has 31 heavy (non-hydrogen) atoms. The Kier molecular flexibility index (Phi) is 6.39. The van der Waals surface area contributed by atoms with E-state index in [1.165, 1.54) is 22.6 Å². The van der Waals surface area contributed by atoms with Crippen LogP contribution in [0.3, 0.4) is 0 Å². The highest BCUT2D eigenvalue weighted by Gasteiger charge is 2.41. The molecule has 3 aromatic rings. The molecule has 6 heteroatoms. The van der Waals surface area contributed by atoms with Gasteiger partial charge in [0.05, 0.1) is 17.8 Å². The van der Waals surface area contributed by atoms with Crippen LogP contribution in [0, 0.1) is 13.8 Å². The zero-order chi connectivity index (χ0) is 22.0. The van der Waals surface area contributed by atoms with E-state index in [0.29, 0.717) is 0 Å². The number of aromatic nitrogens is 2. The lowest BCUT2D eigenvalue weighted by atomic mass is 9.96. The first-order chi connectivity index (χ1) is 15.0. The van der Waals surface area contributed by atoms with E-state index in [1.807, 2.05) is 18.3 Å². The van der Waals surface area contributed by atoms with Crippen LogP contribution >= 0.6 is 12.2 Å². The predicted molar refractivity (Wildman–Crippen MR) is 131 cm³/mol. The highest BCUT2D eigenvalue weighted by Crippen LogP contribution is 2.41. The maximum atomic E-state index is 5.82. The highest BCUT2D eigenvalue weighted by atomic mass is 32.1. The molecule has 1 aliphatic rings. The first-order valence-corrected chi connectivity index (χ1v) is 11.2. The van der Waals surface area contributed by atoms with Gasteiger partial charge in [-0.25, -0.2) is 0 Å². The molecule has 5 nitrogen and oxygen atoms in total. The summed E-state index contributed by atoms with van der Waals surface area (Å²) in [6, 6.07) is 19.1. The Bertz CT molecular complexity index is 1030. The smallest absolute Gasteiger partial charge is 0.170 e. The number of para-hydroxylation sites is 1. The topological polar surface area (TPSA) is 36.3 Å². The van der Waals surface area contributed by atoms with E-state index in [0.717, 1.165) is 30.3 Å². The molecule has 162 valence electrons. The van der Waals surface area contributed by atoms with Crippen molar-refractivity contribution < 1.29 is 0 Å². The van der Waals surface area contributed by atoms with E-state index in [1.54, 1.807) is 0 Å². The van der Waals surface area contributed by atoms with E-state index in [2.05, 4.69) is 95.1 Å². The normalized spacial score (nSPS) is 18.6. The minimum atomic E-state index is 0.0257. The quantitative estimate of drug-likeness (QED) is 0.559. The third kappa shape index (κ3) is 4.36. The number of nitrogens with one attached hydrogen (secondary N) is 1. The van der Waals surface area contributed by atoms with Crippen molar-refractivity contribution >= 4 is 17.3 Å². The Morgan fingerprint density at radius 3 is 2.48 bits per heavy atom. The van der Waals surface area contributed by atoms with E-state index < -0.39 is 0 Å². The second-order valence-electron chi connectivity index (χ2n) is 8.47. The lowest BCUT2D eigenvalue weighted by Crippen LogP contribution is -2.32. The van der Waals surface area contributed by atoms with E-state index in [-0.39, 0.29) is 12.1 Å². The number of hydrogen-bond donors (Lipinski definition) is 1. The molecule has 0 aliphatic carbocycles. The standard InChI is InChI=1S/C25H31N5S/c1-18-17-21(19(2)30(18)20-11-6-5-7-12-20)24-23(22-13-8-9-14-26-22)27-25(31)29(24)16-10-15-28(3)4/h5-9,11-14,17,23-24H,10,15-16H2,1-4H3,(H,27,31)/t23-,24-/m0/s1. The summed E-state index contributed by atoms with van der Waals surface area (Å²) in [5.41, 5.74) is 5.98. The molecule has 2 atom stereocenters. The van der Waals surface area contributed by atoms with Gasteiger partial charge in [0.1, 0.15) is 0 Å². The summed E-state index contributed by atoms with van der Waals surface area (Å²) in [5.74, 6) is 0. The summed E-state index contributed by atoms with van der Waals surface area (Å²) in [5, 5.41) is 4.38. The number of benzene rings is 1. The third-order valence-corrected chi connectivity index (χ3v) is 6.36. The summed E-state index contributed by atoms with van der Waals surface area (Å²) in [6.45, 7) is 6.33. The number of nitrogens with zero attached hydrogens (tertiary/aromatic N) is 4. The predicted octanol–water partition coefficient (Wildman–Crippen LogP) is 4.41. The largest absolute Gasteiger partial charge is 0.352 e. The third-order valence-electron chi connectivity index (χ3n) is 6.01. The SMILES string of the molecule is Cc1cc([C@H]2[C@H](c3ccccn3)NC(=S)N2CCCN(C)C)c(C)n1-c1ccccc1. The molecule has 0 radical (unpaired) electrons. The molecule has 1 fully saturated rings. The molecule has 0 saturated carbocycles. The lowest BCUT2D eigenvalue weighted by molar-refractivity contribution is 0.292. The van der Waals surface area contributed by atoms with Crippen LogP contribution in [0.2, 0.25) is 0 Å². The maximum absolute atomic E-state index is 5.82. The molecular weight excluding hydrogens is 402 g/mol. The molecule has 1 aromatic carbocycles. The second kappa shape index (κ2) is 9.20. The molecule has 1 N–H and O–H groups in total. The fourth-order valence-corrected chi connectivity index (χ4v) is 4.94. The number of thiocarbonyl (C=S) groups is 1. The number of pyridine rings is 1. The van der Waals surface area contributed by atoms with Crippen molar-refractivity contribution in [3.63, 3.8) is 0 Å². The molecular formula is C25H31N5S. The van der Waals surface area contributed by atoms with Gasteiger partial charge in [0.15, 0.2) is 5.11 Å². The Labute approximate surface area is 190 Å². The van der Waals surface area contributed by atoms with Gasteiger partial charge in [-0.2, -0.15) is 0 Å². The molecule has 4 rings (SSSR count). The van der Waals surface area contributed by atoms with Gasteiger partial charge in [-0.15, -0.1) is 0 Å². The fourth-order valence-electron chi connectivity index (χ4n) is 4.60. The van der Waals surface area contributed by atoms with Crippen molar-refractivity contribution in [1.29, 1.82) is 0 Å². The monoisotopic (exact) mass is 433 g/mol. The van der Waals surface area contributed by atoms with Crippen molar-refractivity contribution in [1.82, 2.24) is 24.7 Å². The van der Waals surface area contributed by atoms with Gasteiger partial charge in [-0.05, 0) is 89.0 Å². The summed E-state index contributed by atoms with van der Waals surface area (Å²) >= 11 is 5.82. The van der Waals surface area contributed by atoms with Crippen molar-refractivity contribution in [2.24, 2.45) is 0 Å².